The zero-order valence-corrected chi connectivity index (χ0v) is 15.0. The maximum absolute atomic E-state index is 12.4. The molecule has 0 saturated heterocycles. The van der Waals surface area contributed by atoms with Crippen molar-refractivity contribution in [2.75, 3.05) is 0 Å². The molecule has 0 aliphatic carbocycles. The summed E-state index contributed by atoms with van der Waals surface area (Å²) in [5.74, 6) is -0.591. The molecule has 2 heterocycles. The number of carbonyl (C=O) groups excluding carboxylic acids is 2. The molecule has 0 radical (unpaired) electrons. The lowest BCUT2D eigenvalue weighted by Crippen LogP contribution is -2.26. The van der Waals surface area contributed by atoms with Gasteiger partial charge in [0.2, 0.25) is 0 Å². The Labute approximate surface area is 157 Å². The molecule has 0 fully saturated rings. The summed E-state index contributed by atoms with van der Waals surface area (Å²) >= 11 is 0. The number of nitrogens with zero attached hydrogens (tertiary/aromatic N) is 2. The molecule has 2 N–H and O–H groups in total. The highest BCUT2D eigenvalue weighted by atomic mass is 16.2. The summed E-state index contributed by atoms with van der Waals surface area (Å²) in [7, 11) is 0. The number of carbonyl (C=O) groups is 2. The fourth-order valence-electron chi connectivity index (χ4n) is 2.46. The molecule has 0 saturated carbocycles. The summed E-state index contributed by atoms with van der Waals surface area (Å²) in [4.78, 5) is 32.7. The standard InChI is InChI=1S/C21H20N4O2/c1-15-4-6-16(7-5-15)13-24-20(26)18-8-10-23-19(11-18)21(27)25-14-17-3-2-9-22-12-17/h2-12H,13-14H2,1H3,(H,24,26)(H,25,27). The average molecular weight is 360 g/mol. The van der Waals surface area contributed by atoms with Gasteiger partial charge in [0.15, 0.2) is 0 Å². The van der Waals surface area contributed by atoms with E-state index in [0.29, 0.717) is 18.7 Å². The predicted molar refractivity (Wildman–Crippen MR) is 102 cm³/mol. The number of nitrogens with one attached hydrogen (secondary N) is 2. The van der Waals surface area contributed by atoms with Crippen molar-refractivity contribution in [2.45, 2.75) is 20.0 Å². The van der Waals surface area contributed by atoms with Crippen molar-refractivity contribution in [3.05, 3.63) is 95.1 Å². The maximum Gasteiger partial charge on any atom is 0.270 e. The van der Waals surface area contributed by atoms with Crippen molar-refractivity contribution in [3.63, 3.8) is 0 Å². The monoisotopic (exact) mass is 360 g/mol. The molecule has 6 nitrogen and oxygen atoms in total. The SMILES string of the molecule is Cc1ccc(CNC(=O)c2ccnc(C(=O)NCc3cccnc3)c2)cc1. The number of hydrogen-bond donors (Lipinski definition) is 2. The minimum Gasteiger partial charge on any atom is -0.348 e. The number of hydrogen-bond acceptors (Lipinski definition) is 4. The van der Waals surface area contributed by atoms with Gasteiger partial charge in [-0.05, 0) is 36.2 Å². The molecule has 0 aliphatic heterocycles. The molecule has 136 valence electrons. The summed E-state index contributed by atoms with van der Waals surface area (Å²) in [5, 5.41) is 5.62. The lowest BCUT2D eigenvalue weighted by atomic mass is 10.1. The summed E-state index contributed by atoms with van der Waals surface area (Å²) in [6, 6.07) is 14.7. The van der Waals surface area contributed by atoms with Gasteiger partial charge in [0.05, 0.1) is 0 Å². The van der Waals surface area contributed by atoms with E-state index in [1.54, 1.807) is 24.5 Å². The second-order valence-electron chi connectivity index (χ2n) is 6.14. The smallest absolute Gasteiger partial charge is 0.270 e. The molecule has 0 bridgehead atoms. The van der Waals surface area contributed by atoms with Crippen molar-refractivity contribution < 1.29 is 9.59 Å². The largest absolute Gasteiger partial charge is 0.348 e. The predicted octanol–water partition coefficient (Wildman–Crippen LogP) is 2.65. The molecule has 1 aromatic carbocycles. The Hall–Kier alpha value is -3.54. The van der Waals surface area contributed by atoms with E-state index in [9.17, 15) is 9.59 Å². The zero-order chi connectivity index (χ0) is 19.1. The van der Waals surface area contributed by atoms with E-state index in [0.717, 1.165) is 11.1 Å². The lowest BCUT2D eigenvalue weighted by molar-refractivity contribution is 0.0946. The third-order valence-electron chi connectivity index (χ3n) is 4.00. The van der Waals surface area contributed by atoms with Crippen molar-refractivity contribution >= 4 is 11.8 Å². The normalized spacial score (nSPS) is 10.3. The van der Waals surface area contributed by atoms with Crippen LogP contribution in [0, 0.1) is 6.92 Å². The molecular weight excluding hydrogens is 340 g/mol. The minimum absolute atomic E-state index is 0.196. The van der Waals surface area contributed by atoms with Crippen molar-refractivity contribution in [3.8, 4) is 0 Å². The molecule has 3 aromatic rings. The Morgan fingerprint density at radius 3 is 2.37 bits per heavy atom. The Kier molecular flexibility index (Phi) is 5.89. The van der Waals surface area contributed by atoms with Gasteiger partial charge in [0, 0.05) is 37.2 Å². The fourth-order valence-corrected chi connectivity index (χ4v) is 2.46. The van der Waals surface area contributed by atoms with E-state index in [4.69, 9.17) is 0 Å². The lowest BCUT2D eigenvalue weighted by Gasteiger charge is -2.08. The highest BCUT2D eigenvalue weighted by molar-refractivity contribution is 5.98. The molecule has 0 aliphatic rings. The minimum atomic E-state index is -0.341. The van der Waals surface area contributed by atoms with Gasteiger partial charge in [-0.2, -0.15) is 0 Å². The third kappa shape index (κ3) is 5.22. The number of rotatable bonds is 6. The molecule has 2 amide bonds. The van der Waals surface area contributed by atoms with Gasteiger partial charge in [-0.3, -0.25) is 19.6 Å². The molecule has 6 heteroatoms. The van der Waals surface area contributed by atoms with Crippen molar-refractivity contribution in [2.24, 2.45) is 0 Å². The summed E-state index contributed by atoms with van der Waals surface area (Å²) in [5.41, 5.74) is 3.65. The van der Waals surface area contributed by atoms with Gasteiger partial charge >= 0.3 is 0 Å². The van der Waals surface area contributed by atoms with Crippen LogP contribution in [0.15, 0.2) is 67.1 Å². The van der Waals surface area contributed by atoms with Crippen molar-refractivity contribution in [1.29, 1.82) is 0 Å². The third-order valence-corrected chi connectivity index (χ3v) is 4.00. The summed E-state index contributed by atoms with van der Waals surface area (Å²) < 4.78 is 0. The van der Waals surface area contributed by atoms with Gasteiger partial charge in [0.25, 0.3) is 11.8 Å². The Morgan fingerprint density at radius 2 is 1.63 bits per heavy atom. The zero-order valence-electron chi connectivity index (χ0n) is 15.0. The van der Waals surface area contributed by atoms with Gasteiger partial charge in [-0.25, -0.2) is 0 Å². The molecule has 27 heavy (non-hydrogen) atoms. The van der Waals surface area contributed by atoms with Gasteiger partial charge < -0.3 is 10.6 Å². The first kappa shape index (κ1) is 18.3. The van der Waals surface area contributed by atoms with Crippen LogP contribution in [0.2, 0.25) is 0 Å². The molecule has 0 unspecified atom stereocenters. The number of benzene rings is 1. The fraction of sp³-hybridized carbons (Fsp3) is 0.143. The first-order valence-corrected chi connectivity index (χ1v) is 8.59. The van der Waals surface area contributed by atoms with Gasteiger partial charge in [0.1, 0.15) is 5.69 Å². The Morgan fingerprint density at radius 1 is 0.889 bits per heavy atom. The highest BCUT2D eigenvalue weighted by Crippen LogP contribution is 2.06. The van der Waals surface area contributed by atoms with E-state index in [1.165, 1.54) is 17.8 Å². The number of aromatic nitrogens is 2. The van der Waals surface area contributed by atoms with E-state index >= 15 is 0 Å². The van der Waals surface area contributed by atoms with E-state index in [1.807, 2.05) is 37.3 Å². The van der Waals surface area contributed by atoms with E-state index in [2.05, 4.69) is 20.6 Å². The Balaban J connectivity index is 1.59. The second-order valence-corrected chi connectivity index (χ2v) is 6.14. The van der Waals surface area contributed by atoms with Crippen LogP contribution in [0.5, 0.6) is 0 Å². The van der Waals surface area contributed by atoms with Crippen LogP contribution >= 0.6 is 0 Å². The summed E-state index contributed by atoms with van der Waals surface area (Å²) in [6.07, 6.45) is 4.81. The first-order chi connectivity index (χ1) is 13.1. The highest BCUT2D eigenvalue weighted by Gasteiger charge is 2.11. The molecule has 0 spiro atoms. The number of aryl methyl sites for hydroxylation is 1. The van der Waals surface area contributed by atoms with Crippen LogP contribution in [0.25, 0.3) is 0 Å². The number of amides is 2. The topological polar surface area (TPSA) is 84.0 Å². The summed E-state index contributed by atoms with van der Waals surface area (Å²) in [6.45, 7) is 2.78. The molecule has 2 aromatic heterocycles. The van der Waals surface area contributed by atoms with Crippen LogP contribution in [-0.4, -0.2) is 21.8 Å². The average Bonchev–Trinajstić information content (AvgIpc) is 2.72. The van der Waals surface area contributed by atoms with Crippen LogP contribution in [0.3, 0.4) is 0 Å². The van der Waals surface area contributed by atoms with Crippen LogP contribution < -0.4 is 10.6 Å². The first-order valence-electron chi connectivity index (χ1n) is 8.59. The van der Waals surface area contributed by atoms with Crippen LogP contribution in [0.4, 0.5) is 0 Å². The van der Waals surface area contributed by atoms with E-state index < -0.39 is 0 Å². The van der Waals surface area contributed by atoms with Crippen LogP contribution in [-0.2, 0) is 13.1 Å². The van der Waals surface area contributed by atoms with Crippen LogP contribution in [0.1, 0.15) is 37.5 Å². The Bertz CT molecular complexity index is 924. The number of pyridine rings is 2. The van der Waals surface area contributed by atoms with Gasteiger partial charge in [-0.15, -0.1) is 0 Å². The molecular formula is C21H20N4O2. The quantitative estimate of drug-likeness (QED) is 0.708. The second kappa shape index (κ2) is 8.71. The van der Waals surface area contributed by atoms with Crippen molar-refractivity contribution in [1.82, 2.24) is 20.6 Å². The van der Waals surface area contributed by atoms with E-state index in [-0.39, 0.29) is 17.5 Å². The van der Waals surface area contributed by atoms with Gasteiger partial charge in [-0.1, -0.05) is 35.9 Å². The molecule has 3 rings (SSSR count). The maximum atomic E-state index is 12.4. The molecule has 0 atom stereocenters.